The SMILES string of the molecule is CCOC(=O)CCCOc1cccc(-c2cc(-c3ccc(N4CCCCC4C)c(COC)c3)on2)c1. The molecule has 0 amide bonds. The summed E-state index contributed by atoms with van der Waals surface area (Å²) in [5.74, 6) is 1.24. The van der Waals surface area contributed by atoms with Crippen molar-refractivity contribution in [2.75, 3.05) is 31.8 Å². The number of esters is 1. The number of carbonyl (C=O) groups excluding carboxylic acids is 1. The van der Waals surface area contributed by atoms with Gasteiger partial charge in [0.1, 0.15) is 11.4 Å². The van der Waals surface area contributed by atoms with Gasteiger partial charge in [-0.3, -0.25) is 4.79 Å². The van der Waals surface area contributed by atoms with Crippen molar-refractivity contribution >= 4 is 11.7 Å². The van der Waals surface area contributed by atoms with E-state index in [-0.39, 0.29) is 5.97 Å². The van der Waals surface area contributed by atoms with Crippen LogP contribution in [0.15, 0.2) is 53.1 Å². The summed E-state index contributed by atoms with van der Waals surface area (Å²) < 4.78 is 22.0. The molecule has 2 heterocycles. The van der Waals surface area contributed by atoms with E-state index in [2.05, 4.69) is 35.2 Å². The molecule has 0 radical (unpaired) electrons. The average molecular weight is 493 g/mol. The molecule has 1 saturated heterocycles. The van der Waals surface area contributed by atoms with Crippen LogP contribution in [0.5, 0.6) is 5.75 Å². The number of piperidine rings is 1. The zero-order valence-corrected chi connectivity index (χ0v) is 21.5. The Labute approximate surface area is 213 Å². The number of anilines is 1. The largest absolute Gasteiger partial charge is 0.494 e. The van der Waals surface area contributed by atoms with Gasteiger partial charge >= 0.3 is 5.97 Å². The second kappa shape index (κ2) is 12.6. The number of rotatable bonds is 11. The zero-order valence-electron chi connectivity index (χ0n) is 21.5. The third-order valence-corrected chi connectivity index (χ3v) is 6.52. The number of hydrogen-bond donors (Lipinski definition) is 0. The second-order valence-corrected chi connectivity index (χ2v) is 9.18. The minimum absolute atomic E-state index is 0.197. The van der Waals surface area contributed by atoms with Gasteiger partial charge in [0.2, 0.25) is 0 Å². The van der Waals surface area contributed by atoms with Crippen molar-refractivity contribution in [2.45, 2.75) is 58.6 Å². The van der Waals surface area contributed by atoms with Crippen molar-refractivity contribution in [3.8, 4) is 28.3 Å². The number of methoxy groups -OCH3 is 1. The zero-order chi connectivity index (χ0) is 25.3. The lowest BCUT2D eigenvalue weighted by molar-refractivity contribution is -0.143. The molecule has 4 rings (SSSR count). The molecule has 1 aromatic heterocycles. The minimum Gasteiger partial charge on any atom is -0.494 e. The maximum absolute atomic E-state index is 11.5. The number of aromatic nitrogens is 1. The van der Waals surface area contributed by atoms with E-state index in [0.29, 0.717) is 44.5 Å². The molecule has 36 heavy (non-hydrogen) atoms. The number of carbonyl (C=O) groups is 1. The molecule has 0 N–H and O–H groups in total. The minimum atomic E-state index is -0.197. The van der Waals surface area contributed by atoms with Crippen molar-refractivity contribution in [1.29, 1.82) is 0 Å². The summed E-state index contributed by atoms with van der Waals surface area (Å²) in [6.07, 6.45) is 4.68. The topological polar surface area (TPSA) is 74.0 Å². The lowest BCUT2D eigenvalue weighted by atomic mass is 9.99. The van der Waals surface area contributed by atoms with Crippen LogP contribution in [0.3, 0.4) is 0 Å². The number of ether oxygens (including phenoxy) is 3. The summed E-state index contributed by atoms with van der Waals surface area (Å²) in [4.78, 5) is 14.0. The quantitative estimate of drug-likeness (QED) is 0.231. The van der Waals surface area contributed by atoms with Crippen LogP contribution in [0.4, 0.5) is 5.69 Å². The first-order chi connectivity index (χ1) is 17.6. The smallest absolute Gasteiger partial charge is 0.305 e. The van der Waals surface area contributed by atoms with Crippen LogP contribution in [-0.2, 0) is 20.9 Å². The van der Waals surface area contributed by atoms with E-state index in [1.807, 2.05) is 30.3 Å². The molecule has 1 atom stereocenters. The van der Waals surface area contributed by atoms with Crippen LogP contribution < -0.4 is 9.64 Å². The average Bonchev–Trinajstić information content (AvgIpc) is 3.38. The first-order valence-electron chi connectivity index (χ1n) is 12.8. The predicted molar refractivity (Wildman–Crippen MR) is 140 cm³/mol. The Bertz CT molecular complexity index is 1140. The molecule has 0 spiro atoms. The Morgan fingerprint density at radius 2 is 2.03 bits per heavy atom. The van der Waals surface area contributed by atoms with Gasteiger partial charge in [0, 0.05) is 54.6 Å². The highest BCUT2D eigenvalue weighted by molar-refractivity contribution is 5.71. The van der Waals surface area contributed by atoms with Gasteiger partial charge in [-0.25, -0.2) is 0 Å². The Balaban J connectivity index is 1.46. The Morgan fingerprint density at radius 1 is 1.14 bits per heavy atom. The highest BCUT2D eigenvalue weighted by Crippen LogP contribution is 2.34. The third-order valence-electron chi connectivity index (χ3n) is 6.52. The Hall–Kier alpha value is -3.32. The van der Waals surface area contributed by atoms with E-state index in [9.17, 15) is 4.79 Å². The van der Waals surface area contributed by atoms with Gasteiger partial charge in [-0.2, -0.15) is 0 Å². The summed E-state index contributed by atoms with van der Waals surface area (Å²) in [5, 5.41) is 4.31. The van der Waals surface area contributed by atoms with Crippen molar-refractivity contribution in [3.63, 3.8) is 0 Å². The van der Waals surface area contributed by atoms with Gasteiger partial charge in [-0.1, -0.05) is 17.3 Å². The highest BCUT2D eigenvalue weighted by atomic mass is 16.5. The van der Waals surface area contributed by atoms with Crippen molar-refractivity contribution < 1.29 is 23.5 Å². The van der Waals surface area contributed by atoms with Gasteiger partial charge in [0.05, 0.1) is 19.8 Å². The van der Waals surface area contributed by atoms with Crippen LogP contribution in [0, 0.1) is 0 Å². The molecule has 0 aliphatic carbocycles. The number of nitrogens with zero attached hydrogens (tertiary/aromatic N) is 2. The summed E-state index contributed by atoms with van der Waals surface area (Å²) in [6.45, 7) is 6.56. The first-order valence-corrected chi connectivity index (χ1v) is 12.8. The first kappa shape index (κ1) is 25.8. The van der Waals surface area contributed by atoms with Crippen LogP contribution in [-0.4, -0.2) is 44.0 Å². The molecule has 1 aliphatic heterocycles. The molecule has 0 saturated carbocycles. The predicted octanol–water partition coefficient (Wildman–Crippen LogP) is 6.26. The molecular formula is C29H36N2O5. The van der Waals surface area contributed by atoms with Gasteiger partial charge in [-0.05, 0) is 69.9 Å². The van der Waals surface area contributed by atoms with Crippen LogP contribution in [0.2, 0.25) is 0 Å². The fraction of sp³-hybridized carbons (Fsp3) is 0.448. The van der Waals surface area contributed by atoms with Crippen LogP contribution >= 0.6 is 0 Å². The Morgan fingerprint density at radius 3 is 2.83 bits per heavy atom. The van der Waals surface area contributed by atoms with E-state index in [0.717, 1.165) is 34.7 Å². The summed E-state index contributed by atoms with van der Waals surface area (Å²) in [7, 11) is 1.73. The third kappa shape index (κ3) is 6.46. The summed E-state index contributed by atoms with van der Waals surface area (Å²) >= 11 is 0. The van der Waals surface area contributed by atoms with E-state index >= 15 is 0 Å². The molecule has 3 aromatic rings. The fourth-order valence-electron chi connectivity index (χ4n) is 4.68. The van der Waals surface area contributed by atoms with Crippen LogP contribution in [0.25, 0.3) is 22.6 Å². The van der Waals surface area contributed by atoms with E-state index < -0.39 is 0 Å². The number of hydrogen-bond acceptors (Lipinski definition) is 7. The monoisotopic (exact) mass is 492 g/mol. The maximum Gasteiger partial charge on any atom is 0.305 e. The maximum atomic E-state index is 11.5. The van der Waals surface area contributed by atoms with Gasteiger partial charge in [0.15, 0.2) is 5.76 Å². The van der Waals surface area contributed by atoms with E-state index in [1.54, 1.807) is 14.0 Å². The van der Waals surface area contributed by atoms with Gasteiger partial charge < -0.3 is 23.6 Å². The molecule has 1 unspecified atom stereocenters. The molecule has 1 aliphatic rings. The second-order valence-electron chi connectivity index (χ2n) is 9.18. The van der Waals surface area contributed by atoms with Gasteiger partial charge in [-0.15, -0.1) is 0 Å². The summed E-state index contributed by atoms with van der Waals surface area (Å²) in [6, 6.07) is 16.6. The number of benzene rings is 2. The summed E-state index contributed by atoms with van der Waals surface area (Å²) in [5.41, 5.74) is 5.01. The highest BCUT2D eigenvalue weighted by Gasteiger charge is 2.22. The molecule has 2 aromatic carbocycles. The van der Waals surface area contributed by atoms with E-state index in [4.69, 9.17) is 18.7 Å². The normalized spacial score (nSPS) is 15.6. The lowest BCUT2D eigenvalue weighted by Gasteiger charge is -2.36. The van der Waals surface area contributed by atoms with Crippen molar-refractivity contribution in [3.05, 3.63) is 54.1 Å². The fourth-order valence-corrected chi connectivity index (χ4v) is 4.68. The van der Waals surface area contributed by atoms with Crippen LogP contribution in [0.1, 0.15) is 51.5 Å². The molecule has 7 heteroatoms. The molecular weight excluding hydrogens is 456 g/mol. The molecule has 192 valence electrons. The Kier molecular flexibility index (Phi) is 9.01. The van der Waals surface area contributed by atoms with Gasteiger partial charge in [0.25, 0.3) is 0 Å². The lowest BCUT2D eigenvalue weighted by Crippen LogP contribution is -2.38. The molecule has 7 nitrogen and oxygen atoms in total. The molecule has 0 bridgehead atoms. The molecule has 1 fully saturated rings. The van der Waals surface area contributed by atoms with E-state index in [1.165, 1.54) is 24.9 Å². The van der Waals surface area contributed by atoms with Crippen molar-refractivity contribution in [2.24, 2.45) is 0 Å². The van der Waals surface area contributed by atoms with Crippen molar-refractivity contribution in [1.82, 2.24) is 5.16 Å². The standard InChI is InChI=1S/C29H36N2O5/c1-4-34-29(32)12-8-16-35-25-11-7-10-22(18-25)26-19-28(36-30-26)23-13-14-27(24(17-23)20-33-3)31-15-6-5-9-21(31)2/h7,10-11,13-14,17-19,21H,4-6,8-9,12,15-16,20H2,1-3H3.